The SMILES string of the molecule is O=C(O)[C@H]1CCCN(c2ncco2)[C@@H]1C1CC1. The van der Waals surface area contributed by atoms with E-state index >= 15 is 0 Å². The van der Waals surface area contributed by atoms with E-state index in [1.807, 2.05) is 0 Å². The highest BCUT2D eigenvalue weighted by Crippen LogP contribution is 2.43. The van der Waals surface area contributed by atoms with Crippen molar-refractivity contribution in [3.05, 3.63) is 12.5 Å². The molecule has 0 unspecified atom stereocenters. The number of aromatic nitrogens is 1. The summed E-state index contributed by atoms with van der Waals surface area (Å²) in [6, 6.07) is 0.646. The molecule has 1 saturated heterocycles. The molecule has 5 heteroatoms. The molecule has 0 bridgehead atoms. The van der Waals surface area contributed by atoms with Crippen molar-refractivity contribution in [1.29, 1.82) is 0 Å². The first-order valence-corrected chi connectivity index (χ1v) is 6.16. The molecule has 2 fully saturated rings. The summed E-state index contributed by atoms with van der Waals surface area (Å²) in [4.78, 5) is 17.6. The second kappa shape index (κ2) is 4.05. The van der Waals surface area contributed by atoms with E-state index in [-0.39, 0.29) is 12.0 Å². The van der Waals surface area contributed by atoms with Crippen LogP contribution in [0.5, 0.6) is 0 Å². The maximum absolute atomic E-state index is 11.3. The molecule has 3 rings (SSSR count). The van der Waals surface area contributed by atoms with Crippen molar-refractivity contribution in [2.24, 2.45) is 11.8 Å². The van der Waals surface area contributed by atoms with Gasteiger partial charge >= 0.3 is 5.97 Å². The minimum Gasteiger partial charge on any atom is -0.481 e. The second-order valence-corrected chi connectivity index (χ2v) is 4.92. The Bertz CT molecular complexity index is 400. The first kappa shape index (κ1) is 10.6. The van der Waals surface area contributed by atoms with Gasteiger partial charge in [-0.25, -0.2) is 4.98 Å². The van der Waals surface area contributed by atoms with Crippen molar-refractivity contribution in [3.8, 4) is 0 Å². The largest absolute Gasteiger partial charge is 0.481 e. The Labute approximate surface area is 99.4 Å². The number of piperidine rings is 1. The van der Waals surface area contributed by atoms with Crippen molar-refractivity contribution < 1.29 is 14.3 Å². The fourth-order valence-corrected chi connectivity index (χ4v) is 2.89. The van der Waals surface area contributed by atoms with Crippen LogP contribution in [0.4, 0.5) is 6.01 Å². The number of rotatable bonds is 3. The lowest BCUT2D eigenvalue weighted by atomic mass is 9.86. The first-order chi connectivity index (χ1) is 8.27. The smallest absolute Gasteiger partial charge is 0.308 e. The van der Waals surface area contributed by atoms with Gasteiger partial charge in [0.05, 0.1) is 12.1 Å². The molecule has 0 amide bonds. The van der Waals surface area contributed by atoms with Crippen molar-refractivity contribution in [2.45, 2.75) is 31.7 Å². The highest BCUT2D eigenvalue weighted by atomic mass is 16.4. The van der Waals surface area contributed by atoms with Crippen molar-refractivity contribution in [1.82, 2.24) is 4.98 Å². The molecule has 2 atom stereocenters. The molecular weight excluding hydrogens is 220 g/mol. The Morgan fingerprint density at radius 3 is 2.88 bits per heavy atom. The Morgan fingerprint density at radius 2 is 2.29 bits per heavy atom. The maximum Gasteiger partial charge on any atom is 0.308 e. The van der Waals surface area contributed by atoms with E-state index in [0.717, 1.165) is 32.2 Å². The van der Waals surface area contributed by atoms with Gasteiger partial charge in [0.1, 0.15) is 6.26 Å². The Kier molecular flexibility index (Phi) is 2.53. The van der Waals surface area contributed by atoms with E-state index in [1.165, 1.54) is 0 Å². The fraction of sp³-hybridized carbons (Fsp3) is 0.667. The van der Waals surface area contributed by atoms with Crippen LogP contribution in [0, 0.1) is 11.8 Å². The number of carboxylic acid groups (broad SMARTS) is 1. The van der Waals surface area contributed by atoms with Gasteiger partial charge in [-0.15, -0.1) is 0 Å². The average Bonchev–Trinajstić information content (AvgIpc) is 3.03. The molecule has 17 heavy (non-hydrogen) atoms. The Morgan fingerprint density at radius 1 is 1.47 bits per heavy atom. The summed E-state index contributed by atoms with van der Waals surface area (Å²) in [7, 11) is 0. The molecule has 92 valence electrons. The van der Waals surface area contributed by atoms with Crippen LogP contribution < -0.4 is 4.90 Å². The second-order valence-electron chi connectivity index (χ2n) is 4.92. The third kappa shape index (κ3) is 1.90. The lowest BCUT2D eigenvalue weighted by Crippen LogP contribution is -2.49. The van der Waals surface area contributed by atoms with Gasteiger partial charge < -0.3 is 14.4 Å². The van der Waals surface area contributed by atoms with Gasteiger partial charge in [-0.1, -0.05) is 0 Å². The number of carboxylic acids is 1. The number of oxazole rings is 1. The minimum atomic E-state index is -0.682. The van der Waals surface area contributed by atoms with Crippen LogP contribution in [0.15, 0.2) is 16.9 Å². The molecule has 0 radical (unpaired) electrons. The van der Waals surface area contributed by atoms with Gasteiger partial charge in [-0.05, 0) is 31.6 Å². The van der Waals surface area contributed by atoms with Gasteiger partial charge in [0.25, 0.3) is 6.01 Å². The third-order valence-corrected chi connectivity index (χ3v) is 3.77. The number of anilines is 1. The van der Waals surface area contributed by atoms with Crippen LogP contribution in [0.25, 0.3) is 0 Å². The minimum absolute atomic E-state index is 0.0694. The summed E-state index contributed by atoms with van der Waals surface area (Å²) in [6.45, 7) is 0.853. The van der Waals surface area contributed by atoms with Crippen LogP contribution in [0.3, 0.4) is 0 Å². The summed E-state index contributed by atoms with van der Waals surface area (Å²) in [6.07, 6.45) is 7.08. The Hall–Kier alpha value is -1.52. The molecule has 1 aromatic rings. The van der Waals surface area contributed by atoms with Gasteiger partial charge in [0, 0.05) is 12.6 Å². The number of carbonyl (C=O) groups is 1. The number of nitrogens with zero attached hydrogens (tertiary/aromatic N) is 2. The van der Waals surface area contributed by atoms with Crippen LogP contribution in [0.2, 0.25) is 0 Å². The van der Waals surface area contributed by atoms with Gasteiger partial charge in [-0.3, -0.25) is 4.79 Å². The molecule has 1 aliphatic carbocycles. The van der Waals surface area contributed by atoms with Crippen LogP contribution in [-0.2, 0) is 4.79 Å². The maximum atomic E-state index is 11.3. The van der Waals surface area contributed by atoms with Gasteiger partial charge in [-0.2, -0.15) is 0 Å². The molecule has 1 aromatic heterocycles. The predicted octanol–water partition coefficient (Wildman–Crippen LogP) is 1.75. The summed E-state index contributed by atoms with van der Waals surface area (Å²) in [5.74, 6) is -0.454. The van der Waals surface area contributed by atoms with E-state index in [2.05, 4.69) is 9.88 Å². The van der Waals surface area contributed by atoms with E-state index in [9.17, 15) is 9.90 Å². The number of hydrogen-bond acceptors (Lipinski definition) is 4. The summed E-state index contributed by atoms with van der Waals surface area (Å²) < 4.78 is 5.33. The van der Waals surface area contributed by atoms with E-state index in [1.54, 1.807) is 12.5 Å². The Balaban J connectivity index is 1.88. The normalized spacial score (nSPS) is 29.3. The quantitative estimate of drug-likeness (QED) is 0.866. The van der Waals surface area contributed by atoms with Crippen LogP contribution in [0.1, 0.15) is 25.7 Å². The average molecular weight is 236 g/mol. The number of hydrogen-bond donors (Lipinski definition) is 1. The highest BCUT2D eigenvalue weighted by Gasteiger charge is 2.46. The predicted molar refractivity (Wildman–Crippen MR) is 60.7 cm³/mol. The number of aliphatic carboxylic acids is 1. The standard InChI is InChI=1S/C12H16N2O3/c15-11(16)9-2-1-6-14(10(9)8-3-4-8)12-13-5-7-17-12/h5,7-10H,1-4,6H2,(H,15,16)/t9-,10+/m0/s1. The molecule has 5 nitrogen and oxygen atoms in total. The van der Waals surface area contributed by atoms with Crippen molar-refractivity contribution >= 4 is 12.0 Å². The van der Waals surface area contributed by atoms with Gasteiger partial charge in [0.15, 0.2) is 0 Å². The lowest BCUT2D eigenvalue weighted by molar-refractivity contribution is -0.143. The van der Waals surface area contributed by atoms with E-state index < -0.39 is 5.97 Å². The van der Waals surface area contributed by atoms with Crippen LogP contribution >= 0.6 is 0 Å². The van der Waals surface area contributed by atoms with Gasteiger partial charge in [0.2, 0.25) is 0 Å². The molecule has 2 aliphatic rings. The third-order valence-electron chi connectivity index (χ3n) is 3.77. The molecule has 1 N–H and O–H groups in total. The molecular formula is C12H16N2O3. The van der Waals surface area contributed by atoms with Crippen molar-refractivity contribution in [2.75, 3.05) is 11.4 Å². The zero-order valence-corrected chi connectivity index (χ0v) is 9.58. The van der Waals surface area contributed by atoms with E-state index in [0.29, 0.717) is 11.9 Å². The summed E-state index contributed by atoms with van der Waals surface area (Å²) in [5, 5.41) is 9.32. The zero-order chi connectivity index (χ0) is 11.8. The van der Waals surface area contributed by atoms with E-state index in [4.69, 9.17) is 4.42 Å². The molecule has 1 saturated carbocycles. The molecule has 2 heterocycles. The first-order valence-electron chi connectivity index (χ1n) is 6.16. The molecule has 0 aromatic carbocycles. The van der Waals surface area contributed by atoms with Crippen molar-refractivity contribution in [3.63, 3.8) is 0 Å². The lowest BCUT2D eigenvalue weighted by Gasteiger charge is -2.38. The molecule has 1 aliphatic heterocycles. The van der Waals surface area contributed by atoms with Crippen LogP contribution in [-0.4, -0.2) is 28.6 Å². The zero-order valence-electron chi connectivity index (χ0n) is 9.58. The molecule has 0 spiro atoms. The summed E-state index contributed by atoms with van der Waals surface area (Å²) in [5.41, 5.74) is 0. The highest BCUT2D eigenvalue weighted by molar-refractivity contribution is 5.72. The fourth-order valence-electron chi connectivity index (χ4n) is 2.89. The monoisotopic (exact) mass is 236 g/mol. The topological polar surface area (TPSA) is 66.6 Å². The summed E-state index contributed by atoms with van der Waals surface area (Å²) >= 11 is 0.